The van der Waals surface area contributed by atoms with Crippen molar-refractivity contribution in [1.29, 1.82) is 0 Å². The molecule has 38 heavy (non-hydrogen) atoms. The number of hydrogen-bond donors (Lipinski definition) is 2. The van der Waals surface area contributed by atoms with Crippen molar-refractivity contribution in [1.82, 2.24) is 19.5 Å². The van der Waals surface area contributed by atoms with Crippen molar-refractivity contribution in [2.45, 2.75) is 19.3 Å². The monoisotopic (exact) mass is 511 g/mol. The number of ether oxygens (including phenoxy) is 1. The Hall–Kier alpha value is -4.11. The van der Waals surface area contributed by atoms with Gasteiger partial charge in [0.25, 0.3) is 0 Å². The van der Waals surface area contributed by atoms with E-state index >= 15 is 0 Å². The Bertz CT molecular complexity index is 1440. The lowest BCUT2D eigenvalue weighted by Crippen LogP contribution is -2.44. The summed E-state index contributed by atoms with van der Waals surface area (Å²) in [7, 11) is 3.84. The second-order valence-corrected chi connectivity index (χ2v) is 10.2. The predicted molar refractivity (Wildman–Crippen MR) is 150 cm³/mol. The fourth-order valence-electron chi connectivity index (χ4n) is 4.81. The Morgan fingerprint density at radius 1 is 1.00 bits per heavy atom. The van der Waals surface area contributed by atoms with Crippen molar-refractivity contribution in [3.63, 3.8) is 0 Å². The molecule has 4 aromatic rings. The normalized spacial score (nSPS) is 16.0. The molecule has 0 atom stereocenters. The molecule has 1 amide bonds. The molecule has 2 aromatic heterocycles. The summed E-state index contributed by atoms with van der Waals surface area (Å²) in [6.07, 6.45) is 4.92. The third kappa shape index (κ3) is 5.43. The Kier molecular flexibility index (Phi) is 6.59. The number of carbonyl (C=O) groups is 1. The van der Waals surface area contributed by atoms with Crippen molar-refractivity contribution in [3.8, 4) is 16.9 Å². The highest BCUT2D eigenvalue weighted by molar-refractivity contribution is 5.91. The van der Waals surface area contributed by atoms with Gasteiger partial charge in [0.15, 0.2) is 5.65 Å². The maximum atomic E-state index is 12.1. The number of anilines is 4. The lowest BCUT2D eigenvalue weighted by molar-refractivity contribution is -0.116. The van der Waals surface area contributed by atoms with Crippen molar-refractivity contribution in [2.75, 3.05) is 55.9 Å². The number of pyridine rings is 1. The zero-order chi connectivity index (χ0) is 26.1. The molecule has 196 valence electrons. The Morgan fingerprint density at radius 3 is 2.50 bits per heavy atom. The topological polar surface area (TPSA) is 87.0 Å². The first-order valence-corrected chi connectivity index (χ1v) is 13.2. The molecule has 2 aliphatic rings. The van der Waals surface area contributed by atoms with Crippen LogP contribution in [0.3, 0.4) is 0 Å². The molecular formula is C29H33N7O2. The van der Waals surface area contributed by atoms with Gasteiger partial charge in [-0.2, -0.15) is 4.98 Å². The first-order valence-electron chi connectivity index (χ1n) is 13.2. The molecule has 1 saturated carbocycles. The first-order chi connectivity index (χ1) is 18.5. The van der Waals surface area contributed by atoms with E-state index in [1.807, 2.05) is 48.7 Å². The lowest BCUT2D eigenvalue weighted by Gasteiger charge is -2.34. The molecule has 2 aromatic carbocycles. The van der Waals surface area contributed by atoms with E-state index in [9.17, 15) is 4.79 Å². The van der Waals surface area contributed by atoms with Crippen molar-refractivity contribution >= 4 is 34.6 Å². The zero-order valence-electron chi connectivity index (χ0n) is 21.9. The van der Waals surface area contributed by atoms with E-state index in [4.69, 9.17) is 4.74 Å². The van der Waals surface area contributed by atoms with Gasteiger partial charge in [-0.15, -0.1) is 5.10 Å². The average molecular weight is 512 g/mol. The molecule has 0 unspecified atom stereocenters. The van der Waals surface area contributed by atoms with Gasteiger partial charge in [-0.3, -0.25) is 4.79 Å². The quantitative estimate of drug-likeness (QED) is 0.356. The molecule has 6 rings (SSSR count). The second kappa shape index (κ2) is 10.3. The van der Waals surface area contributed by atoms with Gasteiger partial charge in [0.05, 0.1) is 12.8 Å². The summed E-state index contributed by atoms with van der Waals surface area (Å²) in [6, 6.07) is 18.1. The lowest BCUT2D eigenvalue weighted by atomic mass is 10.1. The van der Waals surface area contributed by atoms with Crippen molar-refractivity contribution < 1.29 is 9.53 Å². The van der Waals surface area contributed by atoms with Crippen LogP contribution < -0.4 is 20.3 Å². The first kappa shape index (κ1) is 24.2. The van der Waals surface area contributed by atoms with Crippen molar-refractivity contribution in [2.24, 2.45) is 5.92 Å². The number of nitrogens with zero attached hydrogens (tertiary/aromatic N) is 5. The largest absolute Gasteiger partial charge is 0.494 e. The number of hydrogen-bond acceptors (Lipinski definition) is 7. The zero-order valence-corrected chi connectivity index (χ0v) is 21.9. The van der Waals surface area contributed by atoms with E-state index < -0.39 is 0 Å². The number of fused-ring (bicyclic) bond motifs is 1. The van der Waals surface area contributed by atoms with Crippen molar-refractivity contribution in [3.05, 3.63) is 60.8 Å². The van der Waals surface area contributed by atoms with Gasteiger partial charge >= 0.3 is 0 Å². The fourth-order valence-corrected chi connectivity index (χ4v) is 4.81. The molecule has 1 aliphatic heterocycles. The highest BCUT2D eigenvalue weighted by Gasteiger charge is 2.24. The summed E-state index contributed by atoms with van der Waals surface area (Å²) in [4.78, 5) is 21.4. The average Bonchev–Trinajstić information content (AvgIpc) is 3.65. The van der Waals surface area contributed by atoms with Gasteiger partial charge in [0.2, 0.25) is 11.9 Å². The summed E-state index contributed by atoms with van der Waals surface area (Å²) < 4.78 is 7.46. The van der Waals surface area contributed by atoms with Crippen LogP contribution in [0.4, 0.5) is 23.0 Å². The Balaban J connectivity index is 1.16. The summed E-state index contributed by atoms with van der Waals surface area (Å²) in [5.74, 6) is 1.92. The van der Waals surface area contributed by atoms with Crippen LogP contribution in [-0.2, 0) is 4.79 Å². The minimum Gasteiger partial charge on any atom is -0.494 e. The number of benzene rings is 2. The number of nitrogens with one attached hydrogen (secondary N) is 2. The molecule has 2 N–H and O–H groups in total. The molecule has 1 aliphatic carbocycles. The highest BCUT2D eigenvalue weighted by Crippen LogP contribution is 2.33. The maximum Gasteiger partial charge on any atom is 0.247 e. The molecule has 0 bridgehead atoms. The van der Waals surface area contributed by atoms with E-state index in [-0.39, 0.29) is 5.91 Å². The van der Waals surface area contributed by atoms with Crippen LogP contribution in [0.1, 0.15) is 19.3 Å². The van der Waals surface area contributed by atoms with Gasteiger partial charge in [-0.05, 0) is 67.8 Å². The number of aromatic nitrogens is 3. The predicted octanol–water partition coefficient (Wildman–Crippen LogP) is 4.64. The minimum atomic E-state index is 0.0925. The number of amides is 1. The molecule has 0 radical (unpaired) electrons. The smallest absolute Gasteiger partial charge is 0.247 e. The van der Waals surface area contributed by atoms with E-state index in [1.54, 1.807) is 11.6 Å². The van der Waals surface area contributed by atoms with Crippen LogP contribution in [0.5, 0.6) is 5.75 Å². The second-order valence-electron chi connectivity index (χ2n) is 10.2. The van der Waals surface area contributed by atoms with Crippen LogP contribution in [0.2, 0.25) is 0 Å². The summed E-state index contributed by atoms with van der Waals surface area (Å²) in [5, 5.41) is 11.0. The van der Waals surface area contributed by atoms with Crippen LogP contribution in [-0.4, -0.2) is 65.7 Å². The Morgan fingerprint density at radius 2 is 1.76 bits per heavy atom. The maximum absolute atomic E-state index is 12.1. The van der Waals surface area contributed by atoms with E-state index in [0.29, 0.717) is 18.3 Å². The van der Waals surface area contributed by atoms with Gasteiger partial charge in [-0.1, -0.05) is 12.1 Å². The van der Waals surface area contributed by atoms with Gasteiger partial charge < -0.3 is 25.2 Å². The standard InChI is InChI=1S/C29H33N7O2/c1-34-13-15-35(16-14-34)24-10-11-25(26(18-24)38-2)31-29-32-27-12-7-22(19-36(27)33-29)21-5-8-23(9-6-21)30-28(37)17-20-3-4-20/h5-12,18-20H,3-4,13-17H2,1-2H3,(H,30,37)(H,31,33). The fraction of sp³-hybridized carbons (Fsp3) is 0.345. The third-order valence-electron chi connectivity index (χ3n) is 7.30. The van der Waals surface area contributed by atoms with Gasteiger partial charge in [0, 0.05) is 61.8 Å². The molecule has 2 fully saturated rings. The summed E-state index contributed by atoms with van der Waals surface area (Å²) in [6.45, 7) is 4.11. The molecule has 0 spiro atoms. The number of likely N-dealkylation sites (N-methyl/N-ethyl adjacent to an activating group) is 1. The number of piperazine rings is 1. The minimum absolute atomic E-state index is 0.0925. The number of methoxy groups -OCH3 is 1. The summed E-state index contributed by atoms with van der Waals surface area (Å²) in [5.41, 5.74) is 5.59. The van der Waals surface area contributed by atoms with E-state index in [0.717, 1.165) is 65.8 Å². The molecule has 9 heteroatoms. The molecule has 3 heterocycles. The van der Waals surface area contributed by atoms with Crippen LogP contribution in [0.25, 0.3) is 16.8 Å². The van der Waals surface area contributed by atoms with Gasteiger partial charge in [-0.25, -0.2) is 4.52 Å². The van der Waals surface area contributed by atoms with E-state index in [1.165, 1.54) is 12.8 Å². The molecule has 9 nitrogen and oxygen atoms in total. The Labute approximate surface area is 222 Å². The summed E-state index contributed by atoms with van der Waals surface area (Å²) >= 11 is 0. The number of carbonyl (C=O) groups excluding carboxylic acids is 1. The molecular weight excluding hydrogens is 478 g/mol. The highest BCUT2D eigenvalue weighted by atomic mass is 16.5. The third-order valence-corrected chi connectivity index (χ3v) is 7.30. The van der Waals surface area contributed by atoms with Crippen LogP contribution >= 0.6 is 0 Å². The molecule has 1 saturated heterocycles. The van der Waals surface area contributed by atoms with Crippen LogP contribution in [0, 0.1) is 5.92 Å². The van der Waals surface area contributed by atoms with Gasteiger partial charge in [0.1, 0.15) is 5.75 Å². The van der Waals surface area contributed by atoms with E-state index in [2.05, 4.69) is 49.7 Å². The van der Waals surface area contributed by atoms with Crippen LogP contribution in [0.15, 0.2) is 60.8 Å². The number of rotatable bonds is 8. The SMILES string of the molecule is COc1cc(N2CCN(C)CC2)ccc1Nc1nc2ccc(-c3ccc(NC(=O)CC4CC4)cc3)cn2n1.